The van der Waals surface area contributed by atoms with Gasteiger partial charge in [0.2, 0.25) is 11.8 Å². The van der Waals surface area contributed by atoms with Gasteiger partial charge in [-0.25, -0.2) is 4.39 Å². The van der Waals surface area contributed by atoms with Crippen LogP contribution in [0.25, 0.3) is 22.3 Å². The number of carbonyl (C=O) groups is 3. The highest BCUT2D eigenvalue weighted by Crippen LogP contribution is 2.41. The largest absolute Gasteiger partial charge is 0.369 e. The summed E-state index contributed by atoms with van der Waals surface area (Å²) in [6, 6.07) is 26.5. The van der Waals surface area contributed by atoms with Crippen LogP contribution in [0.15, 0.2) is 91.0 Å². The number of anilines is 1. The van der Waals surface area contributed by atoms with Crippen LogP contribution in [0.5, 0.6) is 0 Å². The second kappa shape index (κ2) is 14.3. The monoisotopic (exact) mass is 639 g/mol. The predicted octanol–water partition coefficient (Wildman–Crippen LogP) is 8.08. The zero-order valence-corrected chi connectivity index (χ0v) is 27.1. The summed E-state index contributed by atoms with van der Waals surface area (Å²) in [6.45, 7) is 6.18. The number of para-hydroxylation sites is 1. The van der Waals surface area contributed by atoms with E-state index in [1.54, 1.807) is 17.0 Å². The number of hydrogen-bond acceptors (Lipinski definition) is 3. The topological polar surface area (TPSA) is 92.5 Å². The third-order valence-corrected chi connectivity index (χ3v) is 8.88. The van der Waals surface area contributed by atoms with Gasteiger partial charge in [-0.05, 0) is 70.8 Å². The van der Waals surface area contributed by atoms with Gasteiger partial charge in [-0.15, -0.1) is 0 Å². The van der Waals surface area contributed by atoms with E-state index < -0.39 is 29.6 Å². The van der Waals surface area contributed by atoms with Crippen molar-refractivity contribution < 1.29 is 18.8 Å². The zero-order chi connectivity index (χ0) is 33.0. The molecule has 0 fully saturated rings. The van der Waals surface area contributed by atoms with E-state index in [9.17, 15) is 18.8 Å². The highest BCUT2D eigenvalue weighted by Gasteiger charge is 2.39. The van der Waals surface area contributed by atoms with Crippen LogP contribution >= 0.6 is 11.6 Å². The number of hydrogen-bond donors (Lipinski definition) is 2. The molecule has 8 heteroatoms. The minimum Gasteiger partial charge on any atom is -0.369 e. The average Bonchev–Trinajstić information content (AvgIpc) is 3.13. The molecule has 3 unspecified atom stereocenters. The molecular formula is C38H39ClFN3O3. The fraction of sp³-hybridized carbons (Fsp3) is 0.289. The number of nitrogens with two attached hydrogens (primary N) is 1. The smallest absolute Gasteiger partial charge is 0.254 e. The molecule has 0 aliphatic carbocycles. The Balaban J connectivity index is 1.56. The summed E-state index contributed by atoms with van der Waals surface area (Å²) in [6.07, 6.45) is 1.65. The molecule has 3 N–H and O–H groups in total. The van der Waals surface area contributed by atoms with Gasteiger partial charge in [-0.1, -0.05) is 106 Å². The average molecular weight is 640 g/mol. The minimum atomic E-state index is -1.000. The maximum Gasteiger partial charge on any atom is 0.254 e. The fourth-order valence-electron chi connectivity index (χ4n) is 6.41. The van der Waals surface area contributed by atoms with E-state index in [1.165, 1.54) is 6.07 Å². The number of nitrogens with zero attached hydrogens (tertiary/aromatic N) is 1. The van der Waals surface area contributed by atoms with Crippen LogP contribution in [-0.4, -0.2) is 17.7 Å². The van der Waals surface area contributed by atoms with Crippen molar-refractivity contribution >= 4 is 35.0 Å². The van der Waals surface area contributed by atoms with Crippen LogP contribution in [0.4, 0.5) is 10.1 Å². The number of amides is 3. The quantitative estimate of drug-likeness (QED) is 0.174. The molecule has 0 spiro atoms. The fourth-order valence-corrected chi connectivity index (χ4v) is 6.59. The second-order valence-corrected chi connectivity index (χ2v) is 12.7. The Labute approximate surface area is 274 Å². The Bertz CT molecular complexity index is 1760. The van der Waals surface area contributed by atoms with Crippen LogP contribution in [0.3, 0.4) is 0 Å². The maximum atomic E-state index is 14.7. The molecule has 1 aliphatic heterocycles. The van der Waals surface area contributed by atoms with Crippen molar-refractivity contribution in [3.8, 4) is 22.3 Å². The molecule has 1 heterocycles. The summed E-state index contributed by atoms with van der Waals surface area (Å²) in [5, 5.41) is 3.11. The van der Waals surface area contributed by atoms with Crippen molar-refractivity contribution in [2.45, 2.75) is 52.6 Å². The summed E-state index contributed by atoms with van der Waals surface area (Å²) in [4.78, 5) is 43.0. The summed E-state index contributed by atoms with van der Waals surface area (Å²) in [5.74, 6) is -2.83. The van der Waals surface area contributed by atoms with Crippen molar-refractivity contribution in [1.29, 1.82) is 0 Å². The van der Waals surface area contributed by atoms with Crippen molar-refractivity contribution in [2.24, 2.45) is 23.5 Å². The Morgan fingerprint density at radius 1 is 0.913 bits per heavy atom. The van der Waals surface area contributed by atoms with Crippen LogP contribution in [0, 0.1) is 23.6 Å². The lowest BCUT2D eigenvalue weighted by atomic mass is 9.81. The number of carbonyl (C=O) groups excluding carboxylic acids is 3. The van der Waals surface area contributed by atoms with Gasteiger partial charge in [0.05, 0.1) is 17.3 Å². The first-order chi connectivity index (χ1) is 22.1. The van der Waals surface area contributed by atoms with Crippen LogP contribution in [0.2, 0.25) is 5.02 Å². The minimum absolute atomic E-state index is 0.0316. The molecule has 6 nitrogen and oxygen atoms in total. The molecule has 0 radical (unpaired) electrons. The molecular weight excluding hydrogens is 601 g/mol. The first kappa shape index (κ1) is 32.9. The molecule has 4 aromatic carbocycles. The Kier molecular flexibility index (Phi) is 10.2. The van der Waals surface area contributed by atoms with Gasteiger partial charge in [0, 0.05) is 17.4 Å². The van der Waals surface area contributed by atoms with Gasteiger partial charge in [0.25, 0.3) is 5.91 Å². The maximum absolute atomic E-state index is 14.7. The summed E-state index contributed by atoms with van der Waals surface area (Å²) >= 11 is 6.07. The number of rotatable bonds is 11. The van der Waals surface area contributed by atoms with Gasteiger partial charge in [0.15, 0.2) is 0 Å². The number of fused-ring (bicyclic) bond motifs is 3. The van der Waals surface area contributed by atoms with E-state index in [-0.39, 0.29) is 29.3 Å². The van der Waals surface area contributed by atoms with Crippen molar-refractivity contribution in [2.75, 3.05) is 4.90 Å². The molecule has 0 saturated heterocycles. The van der Waals surface area contributed by atoms with Crippen LogP contribution in [-0.2, 0) is 20.9 Å². The molecule has 0 saturated carbocycles. The Morgan fingerprint density at radius 3 is 2.30 bits per heavy atom. The third-order valence-electron chi connectivity index (χ3n) is 8.59. The summed E-state index contributed by atoms with van der Waals surface area (Å²) < 4.78 is 13.9. The SMILES string of the molecule is CCCC(C(N)=O)C(CC(C)C)C(=O)NC1C(=O)N(Cc2cccc(-c3ccc(F)c(Cl)c3)c2)c2ccccc2-c2ccccc21. The molecule has 0 bridgehead atoms. The van der Waals surface area contributed by atoms with Crippen molar-refractivity contribution in [3.05, 3.63) is 113 Å². The number of nitrogens with one attached hydrogen (secondary N) is 1. The van der Waals surface area contributed by atoms with Crippen molar-refractivity contribution in [3.63, 3.8) is 0 Å². The zero-order valence-electron chi connectivity index (χ0n) is 26.3. The van der Waals surface area contributed by atoms with Gasteiger partial charge < -0.3 is 16.0 Å². The normalized spacial score (nSPS) is 15.5. The summed E-state index contributed by atoms with van der Waals surface area (Å²) in [7, 11) is 0. The predicted molar refractivity (Wildman–Crippen MR) is 181 cm³/mol. The molecule has 3 amide bonds. The van der Waals surface area contributed by atoms with E-state index in [2.05, 4.69) is 5.32 Å². The van der Waals surface area contributed by atoms with E-state index in [4.69, 9.17) is 17.3 Å². The Hall–Kier alpha value is -4.49. The summed E-state index contributed by atoms with van der Waals surface area (Å²) in [5.41, 5.74) is 11.3. The van der Waals surface area contributed by atoms with Gasteiger partial charge in [-0.3, -0.25) is 14.4 Å². The van der Waals surface area contributed by atoms with E-state index in [1.807, 2.05) is 93.6 Å². The highest BCUT2D eigenvalue weighted by atomic mass is 35.5. The molecule has 3 atom stereocenters. The lowest BCUT2D eigenvalue weighted by molar-refractivity contribution is -0.136. The molecule has 4 aromatic rings. The van der Waals surface area contributed by atoms with Crippen LogP contribution in [0.1, 0.15) is 57.2 Å². The number of benzene rings is 4. The lowest BCUT2D eigenvalue weighted by Gasteiger charge is -2.30. The molecule has 1 aliphatic rings. The first-order valence-electron chi connectivity index (χ1n) is 15.7. The van der Waals surface area contributed by atoms with E-state index >= 15 is 0 Å². The molecule has 46 heavy (non-hydrogen) atoms. The first-order valence-corrected chi connectivity index (χ1v) is 16.1. The van der Waals surface area contributed by atoms with Gasteiger partial charge in [0.1, 0.15) is 11.9 Å². The van der Waals surface area contributed by atoms with E-state index in [0.29, 0.717) is 30.5 Å². The van der Waals surface area contributed by atoms with Crippen LogP contribution < -0.4 is 16.0 Å². The number of halogens is 2. The third kappa shape index (κ3) is 7.00. The molecule has 0 aromatic heterocycles. The molecule has 5 rings (SSSR count). The van der Waals surface area contributed by atoms with Gasteiger partial charge in [-0.2, -0.15) is 0 Å². The molecule has 238 valence electrons. The number of primary amides is 1. The second-order valence-electron chi connectivity index (χ2n) is 12.3. The van der Waals surface area contributed by atoms with Gasteiger partial charge >= 0.3 is 0 Å². The van der Waals surface area contributed by atoms with E-state index in [0.717, 1.165) is 27.8 Å². The van der Waals surface area contributed by atoms with Crippen molar-refractivity contribution in [1.82, 2.24) is 5.32 Å². The standard InChI is InChI=1S/C38H39ClFN3O3/c1-4-10-30(36(41)44)31(19-23(2)3)37(45)42-35-29-15-6-5-13-27(29)28-14-7-8-16-34(28)43(38(35)46)22-24-11-9-12-25(20-24)26-17-18-33(40)32(39)21-26/h5-9,11-18,20-21,23,30-31,35H,4,10,19,22H2,1-3H3,(H2,41,44)(H,42,45). The Morgan fingerprint density at radius 2 is 1.61 bits per heavy atom. The highest BCUT2D eigenvalue weighted by molar-refractivity contribution is 6.31. The lowest BCUT2D eigenvalue weighted by Crippen LogP contribution is -2.47.